The van der Waals surface area contributed by atoms with E-state index < -0.39 is 0 Å². The van der Waals surface area contributed by atoms with Gasteiger partial charge in [-0.05, 0) is 12.8 Å². The molecule has 0 unspecified atom stereocenters. The van der Waals surface area contributed by atoms with E-state index in [1.807, 2.05) is 0 Å². The Morgan fingerprint density at radius 2 is 1.89 bits per heavy atom. The monoisotopic (exact) mass is 122 g/mol. The van der Waals surface area contributed by atoms with Gasteiger partial charge < -0.3 is 4.74 Å². The Balaban J connectivity index is 2.18. The number of hydrogen-bond donors (Lipinski definition) is 0. The second-order valence-corrected chi connectivity index (χ2v) is 2.76. The molecule has 2 aliphatic rings. The predicted molar refractivity (Wildman–Crippen MR) is 36.2 cm³/mol. The van der Waals surface area contributed by atoms with Crippen LogP contribution in [-0.2, 0) is 4.74 Å². The van der Waals surface area contributed by atoms with E-state index in [0.717, 1.165) is 12.8 Å². The molecule has 2 aliphatic heterocycles. The lowest BCUT2D eigenvalue weighted by molar-refractivity contribution is 0.0413. The van der Waals surface area contributed by atoms with Crippen molar-refractivity contribution in [1.29, 1.82) is 0 Å². The first-order valence-electron chi connectivity index (χ1n) is 3.35. The summed E-state index contributed by atoms with van der Waals surface area (Å²) in [5.41, 5.74) is 1.33. The molecule has 9 heavy (non-hydrogen) atoms. The molecule has 0 aromatic heterocycles. The molecule has 0 aromatic rings. The quantitative estimate of drug-likeness (QED) is 0.444. The summed E-state index contributed by atoms with van der Waals surface area (Å²) in [7, 11) is 0. The number of ether oxygens (including phenoxy) is 1. The lowest BCUT2D eigenvalue weighted by Gasteiger charge is -2.21. The van der Waals surface area contributed by atoms with Gasteiger partial charge in [-0.2, -0.15) is 0 Å². The molecule has 48 valence electrons. The molecule has 1 saturated heterocycles. The lowest BCUT2D eigenvalue weighted by atomic mass is 10.0. The molecule has 1 fully saturated rings. The number of hydrogen-bond acceptors (Lipinski definition) is 1. The molecule has 2 bridgehead atoms. The summed E-state index contributed by atoms with van der Waals surface area (Å²) >= 11 is 0. The zero-order chi connectivity index (χ0) is 6.27. The Labute approximate surface area is 55.0 Å². The lowest BCUT2D eigenvalue weighted by Crippen LogP contribution is -2.19. The van der Waals surface area contributed by atoms with Gasteiger partial charge in [0, 0.05) is 0 Å². The maximum absolute atomic E-state index is 5.50. The molecule has 0 N–H and O–H groups in total. The van der Waals surface area contributed by atoms with Crippen LogP contribution in [0.5, 0.6) is 0 Å². The molecular weight excluding hydrogens is 112 g/mol. The third-order valence-corrected chi connectivity index (χ3v) is 1.87. The average molecular weight is 122 g/mol. The van der Waals surface area contributed by atoms with Crippen LogP contribution in [0.1, 0.15) is 12.8 Å². The zero-order valence-corrected chi connectivity index (χ0v) is 5.34. The van der Waals surface area contributed by atoms with Crippen LogP contribution in [0, 0.1) is 0 Å². The van der Waals surface area contributed by atoms with Crippen molar-refractivity contribution in [3.8, 4) is 0 Å². The van der Waals surface area contributed by atoms with Crippen LogP contribution in [0.25, 0.3) is 0 Å². The molecule has 2 atom stereocenters. The van der Waals surface area contributed by atoms with Crippen molar-refractivity contribution in [3.63, 3.8) is 0 Å². The van der Waals surface area contributed by atoms with Crippen molar-refractivity contribution in [2.45, 2.75) is 25.0 Å². The van der Waals surface area contributed by atoms with E-state index in [2.05, 4.69) is 18.7 Å². The Morgan fingerprint density at radius 1 is 1.33 bits per heavy atom. The van der Waals surface area contributed by atoms with Gasteiger partial charge in [0.1, 0.15) is 0 Å². The van der Waals surface area contributed by atoms with Crippen LogP contribution in [0.3, 0.4) is 0 Å². The first kappa shape index (κ1) is 5.24. The van der Waals surface area contributed by atoms with Crippen molar-refractivity contribution in [3.05, 3.63) is 24.3 Å². The van der Waals surface area contributed by atoms with E-state index in [0.29, 0.717) is 12.2 Å². The van der Waals surface area contributed by atoms with Gasteiger partial charge in [-0.3, -0.25) is 0 Å². The molecule has 0 saturated carbocycles. The van der Waals surface area contributed by atoms with Gasteiger partial charge in [0.05, 0.1) is 12.2 Å². The van der Waals surface area contributed by atoms with E-state index in [1.165, 1.54) is 5.57 Å². The fourth-order valence-electron chi connectivity index (χ4n) is 1.45. The zero-order valence-electron chi connectivity index (χ0n) is 5.34. The molecule has 0 aliphatic carbocycles. The SMILES string of the molecule is C=C1C[C@H]2C=C[C@@H](C1)O2. The minimum Gasteiger partial charge on any atom is -0.366 e. The summed E-state index contributed by atoms with van der Waals surface area (Å²) in [5.74, 6) is 0. The maximum Gasteiger partial charge on any atom is 0.0801 e. The summed E-state index contributed by atoms with van der Waals surface area (Å²) in [5, 5.41) is 0. The standard InChI is InChI=1S/C8H10O/c1-6-4-7-2-3-8(5-6)9-7/h2-3,7-8H,1,4-5H2/t7-,8+. The van der Waals surface area contributed by atoms with E-state index in [1.54, 1.807) is 0 Å². The normalized spacial score (nSPS) is 39.8. The minimum atomic E-state index is 0.358. The summed E-state index contributed by atoms with van der Waals surface area (Å²) in [6, 6.07) is 0. The largest absolute Gasteiger partial charge is 0.366 e. The Hall–Kier alpha value is -0.560. The summed E-state index contributed by atoms with van der Waals surface area (Å²) in [4.78, 5) is 0. The van der Waals surface area contributed by atoms with E-state index >= 15 is 0 Å². The highest BCUT2D eigenvalue weighted by molar-refractivity contribution is 5.16. The van der Waals surface area contributed by atoms with Gasteiger partial charge in [-0.1, -0.05) is 24.3 Å². The van der Waals surface area contributed by atoms with Crippen molar-refractivity contribution in [2.75, 3.05) is 0 Å². The van der Waals surface area contributed by atoms with Crippen LogP contribution in [0.15, 0.2) is 24.3 Å². The highest BCUT2D eigenvalue weighted by Gasteiger charge is 2.25. The number of rotatable bonds is 0. The average Bonchev–Trinajstić information content (AvgIpc) is 2.11. The van der Waals surface area contributed by atoms with Crippen LogP contribution >= 0.6 is 0 Å². The molecule has 1 nitrogen and oxygen atoms in total. The summed E-state index contributed by atoms with van der Waals surface area (Å²) in [6.07, 6.45) is 7.07. The van der Waals surface area contributed by atoms with Crippen LogP contribution in [0.2, 0.25) is 0 Å². The smallest absolute Gasteiger partial charge is 0.0801 e. The number of fused-ring (bicyclic) bond motifs is 2. The third-order valence-electron chi connectivity index (χ3n) is 1.87. The van der Waals surface area contributed by atoms with E-state index in [9.17, 15) is 0 Å². The van der Waals surface area contributed by atoms with Crippen molar-refractivity contribution in [1.82, 2.24) is 0 Å². The van der Waals surface area contributed by atoms with Crippen LogP contribution < -0.4 is 0 Å². The van der Waals surface area contributed by atoms with Gasteiger partial charge in [0.15, 0.2) is 0 Å². The summed E-state index contributed by atoms with van der Waals surface area (Å²) < 4.78 is 5.50. The summed E-state index contributed by atoms with van der Waals surface area (Å²) in [6.45, 7) is 3.94. The van der Waals surface area contributed by atoms with Gasteiger partial charge in [-0.15, -0.1) is 0 Å². The van der Waals surface area contributed by atoms with Gasteiger partial charge in [0.2, 0.25) is 0 Å². The molecule has 1 heteroatoms. The van der Waals surface area contributed by atoms with Crippen molar-refractivity contribution >= 4 is 0 Å². The molecule has 2 heterocycles. The molecule has 0 amide bonds. The highest BCUT2D eigenvalue weighted by Crippen LogP contribution is 2.29. The second kappa shape index (κ2) is 1.71. The fourth-order valence-corrected chi connectivity index (χ4v) is 1.45. The van der Waals surface area contributed by atoms with Gasteiger partial charge in [0.25, 0.3) is 0 Å². The molecule has 0 spiro atoms. The fraction of sp³-hybridized carbons (Fsp3) is 0.500. The Kier molecular flexibility index (Phi) is 0.995. The maximum atomic E-state index is 5.50. The molecule has 0 aromatic carbocycles. The van der Waals surface area contributed by atoms with Crippen molar-refractivity contribution in [2.24, 2.45) is 0 Å². The topological polar surface area (TPSA) is 9.23 Å². The van der Waals surface area contributed by atoms with Crippen molar-refractivity contribution < 1.29 is 4.74 Å². The minimum absolute atomic E-state index is 0.358. The molecule has 2 rings (SSSR count). The Morgan fingerprint density at radius 3 is 2.44 bits per heavy atom. The van der Waals surface area contributed by atoms with Gasteiger partial charge >= 0.3 is 0 Å². The first-order chi connectivity index (χ1) is 4.34. The van der Waals surface area contributed by atoms with Crippen LogP contribution in [0.4, 0.5) is 0 Å². The van der Waals surface area contributed by atoms with E-state index in [4.69, 9.17) is 4.74 Å². The first-order valence-corrected chi connectivity index (χ1v) is 3.35. The van der Waals surface area contributed by atoms with Crippen LogP contribution in [-0.4, -0.2) is 12.2 Å². The molecule has 0 radical (unpaired) electrons. The molecular formula is C8H10O. The second-order valence-electron chi connectivity index (χ2n) is 2.76. The van der Waals surface area contributed by atoms with E-state index in [-0.39, 0.29) is 0 Å². The highest BCUT2D eigenvalue weighted by atomic mass is 16.5. The van der Waals surface area contributed by atoms with Gasteiger partial charge in [-0.25, -0.2) is 0 Å². The Bertz CT molecular complexity index is 153. The predicted octanol–water partition coefficient (Wildman–Crippen LogP) is 1.66. The third kappa shape index (κ3) is 0.815.